The summed E-state index contributed by atoms with van der Waals surface area (Å²) in [6.45, 7) is 6.52. The van der Waals surface area contributed by atoms with Crippen LogP contribution in [0.5, 0.6) is 5.75 Å². The zero-order valence-electron chi connectivity index (χ0n) is 11.3. The minimum atomic E-state index is -0.111. The Labute approximate surface area is 104 Å². The molecule has 1 saturated carbocycles. The predicted octanol–water partition coefficient (Wildman–Crippen LogP) is 3.46. The molecule has 0 bridgehead atoms. The van der Waals surface area contributed by atoms with E-state index in [1.54, 1.807) is 7.11 Å². The number of hydrogen-bond acceptors (Lipinski definition) is 2. The van der Waals surface area contributed by atoms with E-state index in [1.165, 1.54) is 23.1 Å². The van der Waals surface area contributed by atoms with E-state index in [0.29, 0.717) is 5.92 Å². The molecular weight excluding hydrogens is 210 g/mol. The van der Waals surface area contributed by atoms with Gasteiger partial charge in [0.1, 0.15) is 5.75 Å². The van der Waals surface area contributed by atoms with Crippen molar-refractivity contribution in [3.63, 3.8) is 0 Å². The lowest BCUT2D eigenvalue weighted by Crippen LogP contribution is -2.44. The van der Waals surface area contributed by atoms with Crippen LogP contribution >= 0.6 is 0 Å². The predicted molar refractivity (Wildman–Crippen MR) is 71.5 cm³/mol. The third-order valence-corrected chi connectivity index (χ3v) is 3.96. The summed E-state index contributed by atoms with van der Waals surface area (Å²) >= 11 is 0. The summed E-state index contributed by atoms with van der Waals surface area (Å²) in [5, 5.41) is 0. The molecule has 2 heteroatoms. The van der Waals surface area contributed by atoms with Crippen molar-refractivity contribution in [2.24, 2.45) is 5.73 Å². The molecule has 1 aliphatic rings. The molecule has 2 nitrogen and oxygen atoms in total. The number of hydrogen-bond donors (Lipinski definition) is 1. The van der Waals surface area contributed by atoms with Gasteiger partial charge < -0.3 is 10.5 Å². The van der Waals surface area contributed by atoms with Crippen LogP contribution in [0.4, 0.5) is 0 Å². The topological polar surface area (TPSA) is 35.2 Å². The number of aryl methyl sites for hydroxylation is 1. The quantitative estimate of drug-likeness (QED) is 0.867. The third-order valence-electron chi connectivity index (χ3n) is 3.96. The molecule has 1 aromatic rings. The number of nitrogens with two attached hydrogens (primary N) is 1. The van der Waals surface area contributed by atoms with Crippen molar-refractivity contribution in [1.82, 2.24) is 0 Å². The van der Waals surface area contributed by atoms with Crippen molar-refractivity contribution in [1.29, 1.82) is 0 Å². The van der Waals surface area contributed by atoms with Crippen LogP contribution in [0.3, 0.4) is 0 Å². The molecule has 0 amide bonds. The van der Waals surface area contributed by atoms with Crippen LogP contribution in [0.1, 0.15) is 55.7 Å². The fraction of sp³-hybridized carbons (Fsp3) is 0.600. The van der Waals surface area contributed by atoms with Gasteiger partial charge in [0, 0.05) is 11.1 Å². The van der Waals surface area contributed by atoms with Gasteiger partial charge >= 0.3 is 0 Å². The normalized spacial score (nSPS) is 18.0. The number of methoxy groups -OCH3 is 1. The van der Waals surface area contributed by atoms with Gasteiger partial charge in [-0.2, -0.15) is 0 Å². The van der Waals surface area contributed by atoms with Gasteiger partial charge in [-0.25, -0.2) is 0 Å². The number of benzene rings is 1. The lowest BCUT2D eigenvalue weighted by Gasteiger charge is -2.41. The molecule has 0 spiro atoms. The van der Waals surface area contributed by atoms with E-state index in [-0.39, 0.29) is 5.54 Å². The highest BCUT2D eigenvalue weighted by Crippen LogP contribution is 2.45. The summed E-state index contributed by atoms with van der Waals surface area (Å²) in [6, 6.07) is 4.33. The summed E-state index contributed by atoms with van der Waals surface area (Å²) in [6.07, 6.45) is 3.43. The lowest BCUT2D eigenvalue weighted by atomic mass is 9.69. The average molecular weight is 233 g/mol. The number of rotatable bonds is 3. The van der Waals surface area contributed by atoms with Crippen LogP contribution in [0.2, 0.25) is 0 Å². The average Bonchev–Trinajstić information content (AvgIpc) is 2.25. The first kappa shape index (κ1) is 12.4. The maximum atomic E-state index is 6.48. The van der Waals surface area contributed by atoms with E-state index in [2.05, 4.69) is 32.9 Å². The van der Waals surface area contributed by atoms with E-state index in [4.69, 9.17) is 10.5 Å². The first-order valence-corrected chi connectivity index (χ1v) is 6.46. The Morgan fingerprint density at radius 2 is 1.94 bits per heavy atom. The second kappa shape index (κ2) is 4.34. The van der Waals surface area contributed by atoms with E-state index in [9.17, 15) is 0 Å². The van der Waals surface area contributed by atoms with E-state index >= 15 is 0 Å². The Morgan fingerprint density at radius 1 is 1.29 bits per heavy atom. The molecular formula is C15H23NO. The molecule has 17 heavy (non-hydrogen) atoms. The van der Waals surface area contributed by atoms with Gasteiger partial charge in [0.2, 0.25) is 0 Å². The standard InChI is InChI=1S/C15H23NO/c1-10(2)13-12(15(16)8-5-9-15)7-6-11(3)14(13)17-4/h6-7,10H,5,8-9,16H2,1-4H3. The van der Waals surface area contributed by atoms with E-state index in [0.717, 1.165) is 18.6 Å². The highest BCUT2D eigenvalue weighted by Gasteiger charge is 2.37. The van der Waals surface area contributed by atoms with Crippen LogP contribution in [-0.4, -0.2) is 7.11 Å². The molecule has 94 valence electrons. The van der Waals surface area contributed by atoms with Gasteiger partial charge in [-0.05, 0) is 43.2 Å². The molecule has 0 unspecified atom stereocenters. The van der Waals surface area contributed by atoms with Crippen LogP contribution in [0.25, 0.3) is 0 Å². The number of ether oxygens (including phenoxy) is 1. The van der Waals surface area contributed by atoms with Crippen LogP contribution in [-0.2, 0) is 5.54 Å². The molecule has 1 fully saturated rings. The molecule has 2 rings (SSSR count). The summed E-state index contributed by atoms with van der Waals surface area (Å²) < 4.78 is 5.59. The molecule has 2 N–H and O–H groups in total. The van der Waals surface area contributed by atoms with E-state index < -0.39 is 0 Å². The lowest BCUT2D eigenvalue weighted by molar-refractivity contribution is 0.249. The van der Waals surface area contributed by atoms with Crippen LogP contribution in [0.15, 0.2) is 12.1 Å². The fourth-order valence-electron chi connectivity index (χ4n) is 2.81. The second-order valence-electron chi connectivity index (χ2n) is 5.54. The molecule has 0 radical (unpaired) electrons. The minimum Gasteiger partial charge on any atom is -0.496 e. The summed E-state index contributed by atoms with van der Waals surface area (Å²) in [5.74, 6) is 1.47. The highest BCUT2D eigenvalue weighted by molar-refractivity contribution is 5.50. The Morgan fingerprint density at radius 3 is 2.35 bits per heavy atom. The van der Waals surface area contributed by atoms with Gasteiger partial charge in [0.25, 0.3) is 0 Å². The van der Waals surface area contributed by atoms with Gasteiger partial charge in [-0.1, -0.05) is 26.0 Å². The van der Waals surface area contributed by atoms with Crippen molar-refractivity contribution in [3.8, 4) is 5.75 Å². The van der Waals surface area contributed by atoms with Crippen molar-refractivity contribution in [2.75, 3.05) is 7.11 Å². The highest BCUT2D eigenvalue weighted by atomic mass is 16.5. The molecule has 0 atom stereocenters. The Kier molecular flexibility index (Phi) is 3.17. The Bertz CT molecular complexity index is 419. The minimum absolute atomic E-state index is 0.111. The first-order chi connectivity index (χ1) is 7.99. The smallest absolute Gasteiger partial charge is 0.125 e. The van der Waals surface area contributed by atoms with Gasteiger partial charge in [0.05, 0.1) is 7.11 Å². The Balaban J connectivity index is 2.59. The molecule has 0 heterocycles. The first-order valence-electron chi connectivity index (χ1n) is 6.46. The largest absolute Gasteiger partial charge is 0.496 e. The summed E-state index contributed by atoms with van der Waals surface area (Å²) in [7, 11) is 1.75. The van der Waals surface area contributed by atoms with Crippen molar-refractivity contribution >= 4 is 0 Å². The maximum absolute atomic E-state index is 6.48. The molecule has 0 aromatic heterocycles. The van der Waals surface area contributed by atoms with Crippen molar-refractivity contribution in [3.05, 3.63) is 28.8 Å². The molecule has 1 aliphatic carbocycles. The van der Waals surface area contributed by atoms with Gasteiger partial charge in [-0.3, -0.25) is 0 Å². The van der Waals surface area contributed by atoms with Crippen molar-refractivity contribution < 1.29 is 4.74 Å². The zero-order chi connectivity index (χ0) is 12.6. The molecule has 1 aromatic carbocycles. The summed E-state index contributed by atoms with van der Waals surface area (Å²) in [5.41, 5.74) is 10.2. The zero-order valence-corrected chi connectivity index (χ0v) is 11.3. The maximum Gasteiger partial charge on any atom is 0.125 e. The van der Waals surface area contributed by atoms with Crippen LogP contribution in [0, 0.1) is 6.92 Å². The van der Waals surface area contributed by atoms with Crippen LogP contribution < -0.4 is 10.5 Å². The van der Waals surface area contributed by atoms with E-state index in [1.807, 2.05) is 0 Å². The molecule has 0 saturated heterocycles. The van der Waals surface area contributed by atoms with Gasteiger partial charge in [-0.15, -0.1) is 0 Å². The molecule has 0 aliphatic heterocycles. The van der Waals surface area contributed by atoms with Crippen molar-refractivity contribution in [2.45, 2.75) is 51.5 Å². The second-order valence-corrected chi connectivity index (χ2v) is 5.54. The monoisotopic (exact) mass is 233 g/mol. The fourth-order valence-corrected chi connectivity index (χ4v) is 2.81. The third kappa shape index (κ3) is 1.95. The SMILES string of the molecule is COc1c(C)ccc(C2(N)CCC2)c1C(C)C. The Hall–Kier alpha value is -1.02. The summed E-state index contributed by atoms with van der Waals surface area (Å²) in [4.78, 5) is 0. The van der Waals surface area contributed by atoms with Gasteiger partial charge in [0.15, 0.2) is 0 Å².